The van der Waals surface area contributed by atoms with Crippen molar-refractivity contribution >= 4 is 3.79 Å². The van der Waals surface area contributed by atoms with E-state index in [2.05, 4.69) is 19.1 Å². The SMILES string of the molecule is CCCCC[C@H](O)CC[C@@H]1[C@H]2Cc3cccc4c3C[C@H]2C[C@H]1O[I-]C(=O)CO4. The zero-order valence-electron chi connectivity index (χ0n) is 16.7. The Morgan fingerprint density at radius 2 is 2.14 bits per heavy atom. The molecule has 1 aromatic rings. The van der Waals surface area contributed by atoms with Gasteiger partial charge in [0, 0.05) is 0 Å². The third-order valence-electron chi connectivity index (χ3n) is 6.88. The van der Waals surface area contributed by atoms with Crippen molar-refractivity contribution in [2.75, 3.05) is 6.61 Å². The van der Waals surface area contributed by atoms with Crippen LogP contribution in [0.1, 0.15) is 63.0 Å². The Morgan fingerprint density at radius 1 is 1.25 bits per heavy atom. The van der Waals surface area contributed by atoms with Crippen LogP contribution in [0.5, 0.6) is 5.75 Å². The number of benzene rings is 1. The van der Waals surface area contributed by atoms with E-state index in [1.165, 1.54) is 24.0 Å². The fraction of sp³-hybridized carbons (Fsp3) is 0.696. The van der Waals surface area contributed by atoms with E-state index in [1.807, 2.05) is 6.07 Å². The van der Waals surface area contributed by atoms with E-state index in [0.717, 1.165) is 50.7 Å². The van der Waals surface area contributed by atoms with E-state index in [9.17, 15) is 9.90 Å². The van der Waals surface area contributed by atoms with Crippen LogP contribution in [-0.2, 0) is 20.7 Å². The van der Waals surface area contributed by atoms with Gasteiger partial charge in [-0.3, -0.25) is 0 Å². The second-order valence-electron chi connectivity index (χ2n) is 8.70. The molecular formula is C23H32IO4-. The summed E-state index contributed by atoms with van der Waals surface area (Å²) in [5, 5.41) is 10.4. The molecule has 4 nitrogen and oxygen atoms in total. The second kappa shape index (κ2) is 9.43. The summed E-state index contributed by atoms with van der Waals surface area (Å²) in [7, 11) is 0. The molecule has 1 saturated carbocycles. The Morgan fingerprint density at radius 3 is 3.00 bits per heavy atom. The van der Waals surface area contributed by atoms with Crippen LogP contribution >= 0.6 is 0 Å². The van der Waals surface area contributed by atoms with Gasteiger partial charge < -0.3 is 0 Å². The number of aliphatic hydroxyl groups is 1. The number of halogens is 1. The summed E-state index contributed by atoms with van der Waals surface area (Å²) in [5.74, 6) is 2.59. The quantitative estimate of drug-likeness (QED) is 0.347. The molecule has 0 amide bonds. The van der Waals surface area contributed by atoms with Gasteiger partial charge in [0.2, 0.25) is 0 Å². The van der Waals surface area contributed by atoms with Crippen molar-refractivity contribution in [3.05, 3.63) is 29.3 Å². The van der Waals surface area contributed by atoms with Crippen molar-refractivity contribution in [3.8, 4) is 5.75 Å². The van der Waals surface area contributed by atoms with Crippen molar-refractivity contribution in [2.45, 2.75) is 76.9 Å². The van der Waals surface area contributed by atoms with Gasteiger partial charge in [-0.05, 0) is 0 Å². The molecule has 5 atom stereocenters. The number of ether oxygens (including phenoxy) is 1. The molecule has 4 rings (SSSR count). The summed E-state index contributed by atoms with van der Waals surface area (Å²) in [6.45, 7) is 2.34. The van der Waals surface area contributed by atoms with Crippen LogP contribution in [0.4, 0.5) is 0 Å². The van der Waals surface area contributed by atoms with Gasteiger partial charge in [-0.25, -0.2) is 0 Å². The molecule has 0 aromatic heterocycles. The fourth-order valence-corrected chi connectivity index (χ4v) is 6.91. The average Bonchev–Trinajstić information content (AvgIpc) is 3.02. The van der Waals surface area contributed by atoms with E-state index < -0.39 is 21.6 Å². The molecule has 0 spiro atoms. The first-order chi connectivity index (χ1) is 13.7. The number of carbonyl (C=O) groups is 1. The standard InChI is InChI=1S/C23H32IO4/c1-2-3-4-7-17(25)9-10-18-19-11-15-6-5-8-21-20(15)12-16(19)13-22(18)28-24-23(26)14-27-21/h5-6,8,16-19,22,25H,2-4,7,9-14H2,1H3/q-1/t16-,17-,18+,19-,22+/m0/s1. The maximum absolute atomic E-state index is 12.3. The summed E-state index contributed by atoms with van der Waals surface area (Å²) in [6.07, 6.45) is 9.47. The van der Waals surface area contributed by atoms with Crippen LogP contribution in [0, 0.1) is 17.8 Å². The maximum atomic E-state index is 12.3. The minimum atomic E-state index is -0.937. The van der Waals surface area contributed by atoms with Gasteiger partial charge >= 0.3 is 179 Å². The summed E-state index contributed by atoms with van der Waals surface area (Å²) in [4.78, 5) is 12.3. The van der Waals surface area contributed by atoms with Gasteiger partial charge in [-0.15, -0.1) is 0 Å². The number of fused-ring (bicyclic) bond motifs is 1. The van der Waals surface area contributed by atoms with Crippen molar-refractivity contribution < 1.29 is 39.3 Å². The first kappa shape index (κ1) is 20.6. The predicted octanol–water partition coefficient (Wildman–Crippen LogP) is 1.07. The van der Waals surface area contributed by atoms with Gasteiger partial charge in [0.05, 0.1) is 0 Å². The molecule has 3 aliphatic rings. The van der Waals surface area contributed by atoms with Crippen LogP contribution in [0.3, 0.4) is 0 Å². The number of carbonyl (C=O) groups excluding carboxylic acids is 1. The van der Waals surface area contributed by atoms with Crippen LogP contribution < -0.4 is 26.4 Å². The Labute approximate surface area is 179 Å². The molecule has 3 bridgehead atoms. The van der Waals surface area contributed by atoms with Crippen molar-refractivity contribution in [1.82, 2.24) is 0 Å². The summed E-state index contributed by atoms with van der Waals surface area (Å²) >= 11 is -0.937. The molecule has 0 unspecified atom stereocenters. The summed E-state index contributed by atoms with van der Waals surface area (Å²) in [5.41, 5.74) is 2.70. The summed E-state index contributed by atoms with van der Waals surface area (Å²) < 4.78 is 12.2. The Kier molecular flexibility index (Phi) is 6.94. The Balaban J connectivity index is 1.50. The van der Waals surface area contributed by atoms with E-state index in [1.54, 1.807) is 0 Å². The third-order valence-corrected chi connectivity index (χ3v) is 8.59. The molecule has 1 aliphatic heterocycles. The number of aliphatic hydroxyl groups excluding tert-OH is 1. The van der Waals surface area contributed by atoms with Gasteiger partial charge in [0.25, 0.3) is 0 Å². The van der Waals surface area contributed by atoms with E-state index >= 15 is 0 Å². The summed E-state index contributed by atoms with van der Waals surface area (Å²) in [6, 6.07) is 6.30. The first-order valence-corrected chi connectivity index (χ1v) is 12.9. The molecule has 156 valence electrons. The van der Waals surface area contributed by atoms with Gasteiger partial charge in [0.15, 0.2) is 0 Å². The average molecular weight is 499 g/mol. The predicted molar refractivity (Wildman–Crippen MR) is 104 cm³/mol. The molecule has 1 fully saturated rings. The van der Waals surface area contributed by atoms with Gasteiger partial charge in [0.1, 0.15) is 0 Å². The zero-order chi connectivity index (χ0) is 19.5. The normalized spacial score (nSPS) is 30.3. The molecule has 1 N–H and O–H groups in total. The number of unbranched alkanes of at least 4 members (excludes halogenated alkanes) is 2. The van der Waals surface area contributed by atoms with E-state index in [-0.39, 0.29) is 22.6 Å². The monoisotopic (exact) mass is 499 g/mol. The fourth-order valence-electron chi connectivity index (χ4n) is 5.44. The van der Waals surface area contributed by atoms with Crippen LogP contribution in [-0.4, -0.2) is 27.7 Å². The van der Waals surface area contributed by atoms with E-state index in [4.69, 9.17) is 7.80 Å². The Bertz CT molecular complexity index is 691. The van der Waals surface area contributed by atoms with Crippen molar-refractivity contribution in [3.63, 3.8) is 0 Å². The zero-order valence-corrected chi connectivity index (χ0v) is 18.9. The number of hydrogen-bond donors (Lipinski definition) is 1. The number of rotatable bonds is 7. The second-order valence-corrected chi connectivity index (χ2v) is 10.9. The van der Waals surface area contributed by atoms with Gasteiger partial charge in [-0.2, -0.15) is 0 Å². The molecule has 1 aromatic carbocycles. The molecular weight excluding hydrogens is 467 g/mol. The minimum absolute atomic E-state index is 0.121. The molecule has 28 heavy (non-hydrogen) atoms. The molecule has 5 heteroatoms. The van der Waals surface area contributed by atoms with Crippen LogP contribution in [0.15, 0.2) is 18.2 Å². The molecule has 2 aliphatic carbocycles. The van der Waals surface area contributed by atoms with E-state index in [0.29, 0.717) is 17.8 Å². The van der Waals surface area contributed by atoms with Crippen LogP contribution in [0.2, 0.25) is 0 Å². The topological polar surface area (TPSA) is 55.8 Å². The third kappa shape index (κ3) is 4.57. The Hall–Kier alpha value is -0.660. The molecule has 0 radical (unpaired) electrons. The van der Waals surface area contributed by atoms with Gasteiger partial charge in [-0.1, -0.05) is 0 Å². The van der Waals surface area contributed by atoms with Crippen LogP contribution in [0.25, 0.3) is 0 Å². The molecule has 0 saturated heterocycles. The molecule has 1 heterocycles. The first-order valence-electron chi connectivity index (χ1n) is 10.9. The van der Waals surface area contributed by atoms with Crippen molar-refractivity contribution in [2.24, 2.45) is 17.8 Å². The number of hydrogen-bond acceptors (Lipinski definition) is 4. The van der Waals surface area contributed by atoms with Crippen molar-refractivity contribution in [1.29, 1.82) is 0 Å².